The highest BCUT2D eigenvalue weighted by Gasteiger charge is 2.54. The Labute approximate surface area is 114 Å². The zero-order valence-corrected chi connectivity index (χ0v) is 11.8. The van der Waals surface area contributed by atoms with Gasteiger partial charge < -0.3 is 9.84 Å². The minimum atomic E-state index is -0.719. The lowest BCUT2D eigenvalue weighted by atomic mass is 9.69. The van der Waals surface area contributed by atoms with E-state index < -0.39 is 11.4 Å². The Morgan fingerprint density at radius 1 is 1.26 bits per heavy atom. The number of rotatable bonds is 4. The second-order valence-corrected chi connectivity index (χ2v) is 6.35. The van der Waals surface area contributed by atoms with Crippen LogP contribution in [0, 0.1) is 10.8 Å². The third kappa shape index (κ3) is 2.66. The highest BCUT2D eigenvalue weighted by Crippen LogP contribution is 2.53. The van der Waals surface area contributed by atoms with Crippen LogP contribution in [-0.2, 0) is 16.1 Å². The monoisotopic (exact) mass is 262 g/mol. The van der Waals surface area contributed by atoms with Crippen LogP contribution in [0.1, 0.15) is 39.2 Å². The molecule has 2 rings (SSSR count). The van der Waals surface area contributed by atoms with E-state index in [0.29, 0.717) is 13.0 Å². The maximum atomic E-state index is 11.5. The molecule has 2 atom stereocenters. The van der Waals surface area contributed by atoms with Crippen molar-refractivity contribution >= 4 is 5.97 Å². The molecule has 0 aliphatic heterocycles. The molecule has 0 radical (unpaired) electrons. The summed E-state index contributed by atoms with van der Waals surface area (Å²) in [5.41, 5.74) is 0.193. The molecule has 1 fully saturated rings. The second kappa shape index (κ2) is 4.97. The number of benzene rings is 1. The van der Waals surface area contributed by atoms with Crippen LogP contribution in [0.4, 0.5) is 0 Å². The normalized spacial score (nSPS) is 29.3. The summed E-state index contributed by atoms with van der Waals surface area (Å²) >= 11 is 0. The summed E-state index contributed by atoms with van der Waals surface area (Å²) in [5, 5.41) is 9.46. The number of hydrogen-bond donors (Lipinski definition) is 1. The van der Waals surface area contributed by atoms with E-state index in [2.05, 4.69) is 0 Å². The van der Waals surface area contributed by atoms with Crippen molar-refractivity contribution < 1.29 is 14.6 Å². The van der Waals surface area contributed by atoms with Crippen LogP contribution >= 0.6 is 0 Å². The van der Waals surface area contributed by atoms with Gasteiger partial charge in [0.25, 0.3) is 0 Å². The summed E-state index contributed by atoms with van der Waals surface area (Å²) in [4.78, 5) is 11.5. The van der Waals surface area contributed by atoms with Crippen LogP contribution in [0.3, 0.4) is 0 Å². The highest BCUT2D eigenvalue weighted by atomic mass is 16.5. The van der Waals surface area contributed by atoms with Gasteiger partial charge in [0.15, 0.2) is 0 Å². The van der Waals surface area contributed by atoms with Crippen molar-refractivity contribution in [2.24, 2.45) is 10.8 Å². The van der Waals surface area contributed by atoms with Crippen molar-refractivity contribution in [3.05, 3.63) is 35.9 Å². The molecule has 104 valence electrons. The molecule has 0 amide bonds. The summed E-state index contributed by atoms with van der Waals surface area (Å²) in [6, 6.07) is 9.99. The van der Waals surface area contributed by atoms with Crippen LogP contribution in [0.25, 0.3) is 0 Å². The van der Waals surface area contributed by atoms with Gasteiger partial charge in [-0.05, 0) is 30.7 Å². The van der Waals surface area contributed by atoms with Crippen LogP contribution in [-0.4, -0.2) is 17.2 Å². The molecular formula is C16H22O3. The molecule has 1 aliphatic carbocycles. The molecule has 0 unspecified atom stereocenters. The van der Waals surface area contributed by atoms with Crippen molar-refractivity contribution in [1.82, 2.24) is 0 Å². The first-order chi connectivity index (χ1) is 8.85. The summed E-state index contributed by atoms with van der Waals surface area (Å²) < 4.78 is 5.91. The lowest BCUT2D eigenvalue weighted by Crippen LogP contribution is -2.37. The molecule has 1 aromatic carbocycles. The predicted molar refractivity (Wildman–Crippen MR) is 73.8 cm³/mol. The van der Waals surface area contributed by atoms with Gasteiger partial charge in [0.1, 0.15) is 0 Å². The average Bonchev–Trinajstić information content (AvgIpc) is 2.60. The smallest absolute Gasteiger partial charge is 0.309 e. The van der Waals surface area contributed by atoms with Gasteiger partial charge in [0.05, 0.1) is 18.1 Å². The van der Waals surface area contributed by atoms with Crippen molar-refractivity contribution in [2.75, 3.05) is 0 Å². The maximum absolute atomic E-state index is 11.5. The fourth-order valence-electron chi connectivity index (χ4n) is 2.88. The van der Waals surface area contributed by atoms with Gasteiger partial charge in [-0.1, -0.05) is 44.2 Å². The zero-order chi connectivity index (χ0) is 14.1. The Kier molecular flexibility index (Phi) is 3.68. The van der Waals surface area contributed by atoms with Gasteiger partial charge in [0.2, 0.25) is 0 Å². The van der Waals surface area contributed by atoms with Crippen LogP contribution in [0.2, 0.25) is 0 Å². The largest absolute Gasteiger partial charge is 0.481 e. The van der Waals surface area contributed by atoms with E-state index >= 15 is 0 Å². The SMILES string of the molecule is CC1(C)C[C@@H](OCc2ccccc2)C[C@]1(C)C(=O)O. The van der Waals surface area contributed by atoms with Crippen molar-refractivity contribution in [3.63, 3.8) is 0 Å². The third-order valence-corrected chi connectivity index (χ3v) is 4.67. The summed E-state index contributed by atoms with van der Waals surface area (Å²) in [6.45, 7) is 6.43. The van der Waals surface area contributed by atoms with Gasteiger partial charge in [-0.15, -0.1) is 0 Å². The fraction of sp³-hybridized carbons (Fsp3) is 0.562. The number of hydrogen-bond acceptors (Lipinski definition) is 2. The van der Waals surface area contributed by atoms with Gasteiger partial charge in [-0.2, -0.15) is 0 Å². The number of ether oxygens (including phenoxy) is 1. The van der Waals surface area contributed by atoms with Crippen molar-refractivity contribution in [3.8, 4) is 0 Å². The van der Waals surface area contributed by atoms with Gasteiger partial charge in [-0.3, -0.25) is 4.79 Å². The van der Waals surface area contributed by atoms with Crippen LogP contribution in [0.15, 0.2) is 30.3 Å². The van der Waals surface area contributed by atoms with E-state index in [1.165, 1.54) is 0 Å². The molecule has 0 bridgehead atoms. The minimum Gasteiger partial charge on any atom is -0.481 e. The fourth-order valence-corrected chi connectivity index (χ4v) is 2.88. The lowest BCUT2D eigenvalue weighted by Gasteiger charge is -2.33. The Hall–Kier alpha value is -1.35. The Balaban J connectivity index is 2.00. The second-order valence-electron chi connectivity index (χ2n) is 6.35. The summed E-state index contributed by atoms with van der Waals surface area (Å²) in [6.07, 6.45) is 1.40. The van der Waals surface area contributed by atoms with Crippen LogP contribution in [0.5, 0.6) is 0 Å². The number of carbonyl (C=O) groups is 1. The van der Waals surface area contributed by atoms with E-state index in [1.807, 2.05) is 51.1 Å². The molecule has 1 aliphatic rings. The van der Waals surface area contributed by atoms with E-state index in [1.54, 1.807) is 0 Å². The molecule has 3 heteroatoms. The minimum absolute atomic E-state index is 0.0244. The first kappa shape index (κ1) is 14.1. The Morgan fingerprint density at radius 3 is 2.42 bits per heavy atom. The predicted octanol–water partition coefficient (Wildman–Crippen LogP) is 3.48. The molecule has 0 spiro atoms. The van der Waals surface area contributed by atoms with Gasteiger partial charge in [-0.25, -0.2) is 0 Å². The Morgan fingerprint density at radius 2 is 1.89 bits per heavy atom. The van der Waals surface area contributed by atoms with E-state index in [4.69, 9.17) is 4.74 Å². The first-order valence-electron chi connectivity index (χ1n) is 6.74. The van der Waals surface area contributed by atoms with Crippen molar-refractivity contribution in [1.29, 1.82) is 0 Å². The molecule has 1 aromatic rings. The lowest BCUT2D eigenvalue weighted by molar-refractivity contribution is -0.153. The highest BCUT2D eigenvalue weighted by molar-refractivity contribution is 5.75. The molecule has 1 N–H and O–H groups in total. The number of aliphatic carboxylic acids is 1. The molecule has 19 heavy (non-hydrogen) atoms. The van der Waals surface area contributed by atoms with Gasteiger partial charge in [0, 0.05) is 0 Å². The third-order valence-electron chi connectivity index (χ3n) is 4.67. The summed E-state index contributed by atoms with van der Waals surface area (Å²) in [5.74, 6) is -0.719. The van der Waals surface area contributed by atoms with Crippen LogP contribution < -0.4 is 0 Å². The molecule has 0 aromatic heterocycles. The zero-order valence-electron chi connectivity index (χ0n) is 11.8. The maximum Gasteiger partial charge on any atom is 0.309 e. The molecule has 0 saturated heterocycles. The summed E-state index contributed by atoms with van der Waals surface area (Å²) in [7, 11) is 0. The Bertz CT molecular complexity index is 452. The molecule has 0 heterocycles. The quantitative estimate of drug-likeness (QED) is 0.903. The number of carboxylic acid groups (broad SMARTS) is 1. The molecule has 1 saturated carbocycles. The first-order valence-corrected chi connectivity index (χ1v) is 6.74. The topological polar surface area (TPSA) is 46.5 Å². The average molecular weight is 262 g/mol. The van der Waals surface area contributed by atoms with E-state index in [9.17, 15) is 9.90 Å². The molecule has 3 nitrogen and oxygen atoms in total. The molecular weight excluding hydrogens is 240 g/mol. The standard InChI is InChI=1S/C16H22O3/c1-15(2)9-13(10-16(15,3)14(17)18)19-11-12-7-5-4-6-8-12/h4-8,13H,9-11H2,1-3H3,(H,17,18)/t13-,16-/m1/s1. The van der Waals surface area contributed by atoms with Gasteiger partial charge >= 0.3 is 5.97 Å². The van der Waals surface area contributed by atoms with E-state index in [-0.39, 0.29) is 11.5 Å². The van der Waals surface area contributed by atoms with Crippen molar-refractivity contribution in [2.45, 2.75) is 46.3 Å². The number of carboxylic acids is 1. The van der Waals surface area contributed by atoms with E-state index in [0.717, 1.165) is 12.0 Å².